The molecule has 2 aromatic carbocycles. The van der Waals surface area contributed by atoms with Gasteiger partial charge < -0.3 is 4.90 Å². The van der Waals surface area contributed by atoms with Gasteiger partial charge in [0.05, 0.1) is 17.2 Å². The maximum absolute atomic E-state index is 13.9. The number of carbonyl (C=O) groups is 1. The zero-order valence-corrected chi connectivity index (χ0v) is 14.3. The first-order valence-corrected chi connectivity index (χ1v) is 8.40. The van der Waals surface area contributed by atoms with E-state index in [0.717, 1.165) is 31.3 Å². The van der Waals surface area contributed by atoms with Crippen LogP contribution in [0.4, 0.5) is 4.39 Å². The lowest BCUT2D eigenvalue weighted by Crippen LogP contribution is -2.48. The molecule has 1 saturated heterocycles. The molecule has 0 saturated carbocycles. The van der Waals surface area contributed by atoms with E-state index in [1.54, 1.807) is 17.0 Å². The topological polar surface area (TPSA) is 47.3 Å². The maximum atomic E-state index is 13.9. The molecule has 4 nitrogen and oxygen atoms in total. The van der Waals surface area contributed by atoms with E-state index >= 15 is 0 Å². The Morgan fingerprint density at radius 1 is 1.12 bits per heavy atom. The highest BCUT2D eigenvalue weighted by Crippen LogP contribution is 2.18. The number of hydrogen-bond donors (Lipinski definition) is 0. The van der Waals surface area contributed by atoms with Crippen molar-refractivity contribution in [2.75, 3.05) is 26.2 Å². The van der Waals surface area contributed by atoms with Gasteiger partial charge in [0.15, 0.2) is 0 Å². The maximum Gasteiger partial charge on any atom is 0.256 e. The van der Waals surface area contributed by atoms with Crippen LogP contribution in [0.5, 0.6) is 0 Å². The van der Waals surface area contributed by atoms with Crippen molar-refractivity contribution in [3.63, 3.8) is 0 Å². The third-order valence-electron chi connectivity index (χ3n) is 4.31. The lowest BCUT2D eigenvalue weighted by atomic mass is 10.1. The van der Waals surface area contributed by atoms with Crippen molar-refractivity contribution in [1.82, 2.24) is 9.80 Å². The van der Waals surface area contributed by atoms with Crippen LogP contribution in [-0.2, 0) is 6.54 Å². The van der Waals surface area contributed by atoms with Crippen LogP contribution in [0.1, 0.15) is 21.5 Å². The van der Waals surface area contributed by atoms with Crippen molar-refractivity contribution < 1.29 is 9.18 Å². The Bertz CT molecular complexity index is 808. The van der Waals surface area contributed by atoms with E-state index in [1.807, 2.05) is 12.1 Å². The first kappa shape index (κ1) is 17.4. The number of nitriles is 1. The summed E-state index contributed by atoms with van der Waals surface area (Å²) < 4.78 is 13.9. The van der Waals surface area contributed by atoms with Crippen LogP contribution in [0, 0.1) is 17.1 Å². The predicted octanol–water partition coefficient (Wildman–Crippen LogP) is 3.31. The number of rotatable bonds is 3. The zero-order chi connectivity index (χ0) is 17.8. The van der Waals surface area contributed by atoms with Crippen LogP contribution in [0.15, 0.2) is 42.5 Å². The highest BCUT2D eigenvalue weighted by Gasteiger charge is 2.24. The summed E-state index contributed by atoms with van der Waals surface area (Å²) in [6.45, 7) is 3.32. The summed E-state index contributed by atoms with van der Waals surface area (Å²) in [5, 5.41) is 9.11. The molecule has 1 amide bonds. The first-order valence-electron chi connectivity index (χ1n) is 8.02. The molecule has 6 heteroatoms. The van der Waals surface area contributed by atoms with Crippen molar-refractivity contribution in [2.45, 2.75) is 6.54 Å². The molecule has 0 bridgehead atoms. The summed E-state index contributed by atoms with van der Waals surface area (Å²) in [5.41, 5.74) is 1.83. The smallest absolute Gasteiger partial charge is 0.256 e. The van der Waals surface area contributed by atoms with Gasteiger partial charge >= 0.3 is 0 Å². The fraction of sp³-hybridized carbons (Fsp3) is 0.263. The summed E-state index contributed by atoms with van der Waals surface area (Å²) in [4.78, 5) is 16.4. The molecule has 0 unspecified atom stereocenters. The summed E-state index contributed by atoms with van der Waals surface area (Å²) in [7, 11) is 0. The van der Waals surface area contributed by atoms with E-state index < -0.39 is 5.82 Å². The van der Waals surface area contributed by atoms with Crippen molar-refractivity contribution in [1.29, 1.82) is 5.26 Å². The quantitative estimate of drug-likeness (QED) is 0.846. The number of piperazine rings is 1. The van der Waals surface area contributed by atoms with Crippen molar-refractivity contribution in [3.8, 4) is 6.07 Å². The molecule has 0 aromatic heterocycles. The van der Waals surface area contributed by atoms with E-state index in [9.17, 15) is 9.18 Å². The Morgan fingerprint density at radius 3 is 2.40 bits per heavy atom. The Kier molecular flexibility index (Phi) is 5.32. The standard InChI is InChI=1S/C19H17ClFN3O/c20-16-5-6-17(18(21)11-16)19(25)24-9-7-23(8-10-24)13-15-3-1-14(12-22)2-4-15/h1-6,11H,7-10,13H2. The minimum atomic E-state index is -0.586. The molecular weight excluding hydrogens is 341 g/mol. The van der Waals surface area contributed by atoms with Gasteiger partial charge in [-0.1, -0.05) is 23.7 Å². The molecule has 0 aliphatic carbocycles. The number of carbonyl (C=O) groups excluding carboxylic acids is 1. The molecule has 1 heterocycles. The van der Waals surface area contributed by atoms with E-state index in [-0.39, 0.29) is 16.5 Å². The Morgan fingerprint density at radius 2 is 1.80 bits per heavy atom. The Balaban J connectivity index is 1.57. The lowest BCUT2D eigenvalue weighted by molar-refractivity contribution is 0.0624. The van der Waals surface area contributed by atoms with E-state index in [4.69, 9.17) is 16.9 Å². The van der Waals surface area contributed by atoms with E-state index in [1.165, 1.54) is 12.1 Å². The van der Waals surface area contributed by atoms with Gasteiger partial charge in [-0.25, -0.2) is 4.39 Å². The summed E-state index contributed by atoms with van der Waals surface area (Å²) >= 11 is 5.73. The molecule has 0 spiro atoms. The molecule has 128 valence electrons. The number of amides is 1. The summed E-state index contributed by atoms with van der Waals surface area (Å²) in [5.74, 6) is -0.885. The minimum absolute atomic E-state index is 0.0601. The molecule has 3 rings (SSSR count). The average Bonchev–Trinajstić information content (AvgIpc) is 2.62. The van der Waals surface area contributed by atoms with Crippen LogP contribution < -0.4 is 0 Å². The second-order valence-electron chi connectivity index (χ2n) is 6.00. The highest BCUT2D eigenvalue weighted by atomic mass is 35.5. The van der Waals surface area contributed by atoms with Crippen LogP contribution >= 0.6 is 11.6 Å². The molecule has 0 N–H and O–H groups in total. The van der Waals surface area contributed by atoms with Crippen LogP contribution in [0.3, 0.4) is 0 Å². The molecular formula is C19H17ClFN3O. The van der Waals surface area contributed by atoms with Gasteiger partial charge in [0, 0.05) is 37.7 Å². The van der Waals surface area contributed by atoms with Crippen LogP contribution in [-0.4, -0.2) is 41.9 Å². The monoisotopic (exact) mass is 357 g/mol. The molecule has 0 atom stereocenters. The van der Waals surface area contributed by atoms with Crippen LogP contribution in [0.25, 0.3) is 0 Å². The van der Waals surface area contributed by atoms with Gasteiger partial charge in [0.2, 0.25) is 0 Å². The number of hydrogen-bond acceptors (Lipinski definition) is 3. The normalized spacial score (nSPS) is 15.0. The fourth-order valence-electron chi connectivity index (χ4n) is 2.89. The van der Waals surface area contributed by atoms with Gasteiger partial charge in [0.25, 0.3) is 5.91 Å². The van der Waals surface area contributed by atoms with Crippen molar-refractivity contribution in [3.05, 3.63) is 70.0 Å². The lowest BCUT2D eigenvalue weighted by Gasteiger charge is -2.34. The van der Waals surface area contributed by atoms with Gasteiger partial charge in [-0.3, -0.25) is 9.69 Å². The molecule has 25 heavy (non-hydrogen) atoms. The minimum Gasteiger partial charge on any atom is -0.336 e. The zero-order valence-electron chi connectivity index (χ0n) is 13.6. The van der Waals surface area contributed by atoms with Gasteiger partial charge in [0.1, 0.15) is 5.82 Å². The van der Waals surface area contributed by atoms with Crippen molar-refractivity contribution >= 4 is 17.5 Å². The molecule has 1 aliphatic rings. The average molecular weight is 358 g/mol. The Labute approximate surface area is 151 Å². The second-order valence-corrected chi connectivity index (χ2v) is 6.44. The van der Waals surface area contributed by atoms with E-state index in [2.05, 4.69) is 11.0 Å². The predicted molar refractivity (Wildman–Crippen MR) is 93.7 cm³/mol. The Hall–Kier alpha value is -2.42. The number of nitrogens with zero attached hydrogens (tertiary/aromatic N) is 3. The first-order chi connectivity index (χ1) is 12.1. The molecule has 2 aromatic rings. The highest BCUT2D eigenvalue weighted by molar-refractivity contribution is 6.30. The van der Waals surface area contributed by atoms with Gasteiger partial charge in [-0.2, -0.15) is 5.26 Å². The second kappa shape index (κ2) is 7.64. The van der Waals surface area contributed by atoms with Crippen LogP contribution in [0.2, 0.25) is 5.02 Å². The SMILES string of the molecule is N#Cc1ccc(CN2CCN(C(=O)c3ccc(Cl)cc3F)CC2)cc1. The number of halogens is 2. The van der Waals surface area contributed by atoms with Gasteiger partial charge in [-0.05, 0) is 35.9 Å². The molecule has 1 aliphatic heterocycles. The van der Waals surface area contributed by atoms with Crippen molar-refractivity contribution in [2.24, 2.45) is 0 Å². The molecule has 0 radical (unpaired) electrons. The third-order valence-corrected chi connectivity index (χ3v) is 4.55. The number of benzene rings is 2. The largest absolute Gasteiger partial charge is 0.336 e. The molecule has 1 fully saturated rings. The third kappa shape index (κ3) is 4.16. The fourth-order valence-corrected chi connectivity index (χ4v) is 3.04. The summed E-state index contributed by atoms with van der Waals surface area (Å²) in [6, 6.07) is 13.7. The van der Waals surface area contributed by atoms with Gasteiger partial charge in [-0.15, -0.1) is 0 Å². The summed E-state index contributed by atoms with van der Waals surface area (Å²) in [6.07, 6.45) is 0. The van der Waals surface area contributed by atoms with E-state index in [0.29, 0.717) is 18.7 Å².